The molecule has 1 unspecified atom stereocenters. The highest BCUT2D eigenvalue weighted by atomic mass is 32.2. The van der Waals surface area contributed by atoms with Gasteiger partial charge in [-0.05, 0) is 44.6 Å². The molecule has 0 aliphatic heterocycles. The molecule has 26 heavy (non-hydrogen) atoms. The van der Waals surface area contributed by atoms with Crippen molar-refractivity contribution in [1.82, 2.24) is 4.90 Å². The van der Waals surface area contributed by atoms with Crippen molar-refractivity contribution in [3.63, 3.8) is 0 Å². The number of likely N-dealkylation sites (N-methyl/N-ethyl adjacent to an activating group) is 1. The van der Waals surface area contributed by atoms with Crippen LogP contribution in [-0.2, 0) is 10.1 Å². The van der Waals surface area contributed by atoms with Crippen LogP contribution in [0.5, 0.6) is 5.75 Å². The van der Waals surface area contributed by atoms with E-state index in [-0.39, 0.29) is 5.92 Å². The van der Waals surface area contributed by atoms with Crippen molar-refractivity contribution in [2.24, 2.45) is 0 Å². The molecule has 1 aliphatic carbocycles. The first-order valence-electron chi connectivity index (χ1n) is 8.42. The van der Waals surface area contributed by atoms with Gasteiger partial charge in [-0.25, -0.2) is 0 Å². The minimum absolute atomic E-state index is 0.230. The molecule has 0 aromatic heterocycles. The van der Waals surface area contributed by atoms with Gasteiger partial charge in [0.05, 0.1) is 5.60 Å². The molecule has 0 bridgehead atoms. The minimum atomic E-state index is -5.69. The van der Waals surface area contributed by atoms with Gasteiger partial charge in [-0.2, -0.15) is 21.6 Å². The normalized spacial score (nSPS) is 19.3. The van der Waals surface area contributed by atoms with Crippen LogP contribution in [0.2, 0.25) is 0 Å². The molecule has 2 rings (SSSR count). The van der Waals surface area contributed by atoms with Crippen molar-refractivity contribution in [2.45, 2.75) is 49.1 Å². The summed E-state index contributed by atoms with van der Waals surface area (Å²) in [5.41, 5.74) is -5.63. The Morgan fingerprint density at radius 1 is 1.15 bits per heavy atom. The smallest absolute Gasteiger partial charge is 0.389 e. The van der Waals surface area contributed by atoms with Gasteiger partial charge >= 0.3 is 15.6 Å². The van der Waals surface area contributed by atoms with Gasteiger partial charge in [0.2, 0.25) is 0 Å². The lowest BCUT2D eigenvalue weighted by atomic mass is 9.72. The summed E-state index contributed by atoms with van der Waals surface area (Å²) < 4.78 is 63.5. The maximum absolute atomic E-state index is 12.4. The second-order valence-electron chi connectivity index (χ2n) is 7.03. The molecule has 1 saturated carbocycles. The van der Waals surface area contributed by atoms with Crippen LogP contribution in [0.25, 0.3) is 0 Å². The predicted octanol–water partition coefficient (Wildman–Crippen LogP) is 3.26. The van der Waals surface area contributed by atoms with Gasteiger partial charge in [-0.3, -0.25) is 0 Å². The van der Waals surface area contributed by atoms with Gasteiger partial charge < -0.3 is 14.2 Å². The number of hydrogen-bond donors (Lipinski definition) is 1. The third-order valence-electron chi connectivity index (χ3n) is 4.69. The second kappa shape index (κ2) is 7.74. The SMILES string of the molecule is CN(C)CC(c1ccc(OS(=O)(=O)C(F)(F)F)cc1)C1(O)CCCCC1. The quantitative estimate of drug-likeness (QED) is 0.592. The fourth-order valence-electron chi connectivity index (χ4n) is 3.39. The molecule has 1 aliphatic rings. The van der Waals surface area contributed by atoms with E-state index in [9.17, 15) is 26.7 Å². The molecular formula is C17H24F3NO4S. The second-order valence-corrected chi connectivity index (χ2v) is 8.57. The van der Waals surface area contributed by atoms with Crippen molar-refractivity contribution in [2.75, 3.05) is 20.6 Å². The van der Waals surface area contributed by atoms with E-state index in [0.29, 0.717) is 19.4 Å². The van der Waals surface area contributed by atoms with Crippen LogP contribution in [0, 0.1) is 0 Å². The molecule has 0 spiro atoms. The summed E-state index contributed by atoms with van der Waals surface area (Å²) in [5.74, 6) is -0.642. The molecule has 0 saturated heterocycles. The van der Waals surface area contributed by atoms with Gasteiger partial charge in [-0.1, -0.05) is 31.4 Å². The van der Waals surface area contributed by atoms with Crippen LogP contribution in [0.4, 0.5) is 13.2 Å². The van der Waals surface area contributed by atoms with Crippen molar-refractivity contribution in [1.29, 1.82) is 0 Å². The fourth-order valence-corrected chi connectivity index (χ4v) is 3.85. The first-order valence-corrected chi connectivity index (χ1v) is 9.83. The lowest BCUT2D eigenvalue weighted by Gasteiger charge is -2.40. The van der Waals surface area contributed by atoms with Gasteiger partial charge in [0.25, 0.3) is 0 Å². The molecule has 1 aromatic rings. The van der Waals surface area contributed by atoms with E-state index in [4.69, 9.17) is 0 Å². The first-order chi connectivity index (χ1) is 11.9. The number of alkyl halides is 3. The Kier molecular flexibility index (Phi) is 6.24. The van der Waals surface area contributed by atoms with Crippen LogP contribution in [-0.4, -0.2) is 50.2 Å². The minimum Gasteiger partial charge on any atom is -0.389 e. The van der Waals surface area contributed by atoms with Crippen molar-refractivity contribution in [3.8, 4) is 5.75 Å². The fraction of sp³-hybridized carbons (Fsp3) is 0.647. The highest BCUT2D eigenvalue weighted by molar-refractivity contribution is 7.88. The zero-order valence-electron chi connectivity index (χ0n) is 14.8. The maximum atomic E-state index is 12.4. The third-order valence-corrected chi connectivity index (χ3v) is 5.67. The largest absolute Gasteiger partial charge is 0.534 e. The Balaban J connectivity index is 2.25. The van der Waals surface area contributed by atoms with E-state index >= 15 is 0 Å². The third kappa shape index (κ3) is 4.89. The highest BCUT2D eigenvalue weighted by Crippen LogP contribution is 2.40. The summed E-state index contributed by atoms with van der Waals surface area (Å²) in [5, 5.41) is 11.1. The molecule has 0 amide bonds. The summed E-state index contributed by atoms with van der Waals surface area (Å²) in [7, 11) is -1.93. The lowest BCUT2D eigenvalue weighted by molar-refractivity contribution is -0.0500. The van der Waals surface area contributed by atoms with Gasteiger partial charge in [0, 0.05) is 12.5 Å². The Bertz CT molecular complexity index is 696. The number of rotatable bonds is 6. The molecule has 1 atom stereocenters. The molecule has 0 radical (unpaired) electrons. The Hall–Kier alpha value is -1.32. The Labute approximate surface area is 151 Å². The Morgan fingerprint density at radius 3 is 2.15 bits per heavy atom. The van der Waals surface area contributed by atoms with Crippen molar-refractivity contribution in [3.05, 3.63) is 29.8 Å². The van der Waals surface area contributed by atoms with Crippen LogP contribution < -0.4 is 4.18 Å². The van der Waals surface area contributed by atoms with E-state index in [1.807, 2.05) is 19.0 Å². The van der Waals surface area contributed by atoms with E-state index in [1.165, 1.54) is 24.3 Å². The van der Waals surface area contributed by atoms with Gasteiger partial charge in [0.1, 0.15) is 5.75 Å². The van der Waals surface area contributed by atoms with Crippen molar-refractivity contribution >= 4 is 10.1 Å². The molecular weight excluding hydrogens is 371 g/mol. The molecule has 9 heteroatoms. The average molecular weight is 395 g/mol. The average Bonchev–Trinajstić information content (AvgIpc) is 2.52. The zero-order valence-corrected chi connectivity index (χ0v) is 15.6. The number of aliphatic hydroxyl groups is 1. The van der Waals surface area contributed by atoms with E-state index < -0.39 is 27.0 Å². The predicted molar refractivity (Wildman–Crippen MR) is 91.4 cm³/mol. The summed E-state index contributed by atoms with van der Waals surface area (Å²) in [6.45, 7) is 0.567. The van der Waals surface area contributed by atoms with E-state index in [2.05, 4.69) is 4.18 Å². The molecule has 5 nitrogen and oxygen atoms in total. The van der Waals surface area contributed by atoms with Gasteiger partial charge in [0.15, 0.2) is 0 Å². The van der Waals surface area contributed by atoms with Crippen LogP contribution in [0.3, 0.4) is 0 Å². The lowest BCUT2D eigenvalue weighted by Crippen LogP contribution is -2.42. The monoisotopic (exact) mass is 395 g/mol. The van der Waals surface area contributed by atoms with E-state index in [1.54, 1.807) is 0 Å². The maximum Gasteiger partial charge on any atom is 0.534 e. The highest BCUT2D eigenvalue weighted by Gasteiger charge is 2.48. The van der Waals surface area contributed by atoms with Gasteiger partial charge in [-0.15, -0.1) is 0 Å². The number of benzene rings is 1. The first kappa shape index (κ1) is 21.0. The van der Waals surface area contributed by atoms with Crippen LogP contribution in [0.15, 0.2) is 24.3 Å². The molecule has 1 aromatic carbocycles. The molecule has 148 valence electrons. The van der Waals surface area contributed by atoms with Crippen LogP contribution >= 0.6 is 0 Å². The van der Waals surface area contributed by atoms with E-state index in [0.717, 1.165) is 24.8 Å². The standard InChI is InChI=1S/C17H24F3NO4S/c1-21(2)12-15(16(22)10-4-3-5-11-16)13-6-8-14(9-7-13)25-26(23,24)17(18,19)20/h6-9,15,22H,3-5,10-12H2,1-2H3. The van der Waals surface area contributed by atoms with Crippen molar-refractivity contribution < 1.29 is 30.9 Å². The number of hydrogen-bond acceptors (Lipinski definition) is 5. The zero-order chi connectivity index (χ0) is 19.6. The number of nitrogens with zero attached hydrogens (tertiary/aromatic N) is 1. The summed E-state index contributed by atoms with van der Waals surface area (Å²) in [4.78, 5) is 1.94. The summed E-state index contributed by atoms with van der Waals surface area (Å²) >= 11 is 0. The molecule has 1 fully saturated rings. The topological polar surface area (TPSA) is 66.8 Å². The molecule has 1 N–H and O–H groups in total. The summed E-state index contributed by atoms with van der Waals surface area (Å²) in [6.07, 6.45) is 4.23. The van der Waals surface area contributed by atoms with Crippen LogP contribution in [0.1, 0.15) is 43.6 Å². The molecule has 0 heterocycles. The summed E-state index contributed by atoms with van der Waals surface area (Å²) in [6, 6.07) is 5.41. The Morgan fingerprint density at radius 2 is 1.69 bits per heavy atom. The number of halogens is 3.